The van der Waals surface area contributed by atoms with Gasteiger partial charge in [-0.25, -0.2) is 0 Å². The fourth-order valence-corrected chi connectivity index (χ4v) is 3.40. The number of hydrogen-bond acceptors (Lipinski definition) is 5. The summed E-state index contributed by atoms with van der Waals surface area (Å²) in [6, 6.07) is 3.08. The Labute approximate surface area is 115 Å². The van der Waals surface area contributed by atoms with Gasteiger partial charge in [0.1, 0.15) is 6.10 Å². The number of ether oxygens (including phenoxy) is 2. The zero-order valence-electron chi connectivity index (χ0n) is 10.7. The topological polar surface area (TPSA) is 88.0 Å². The summed E-state index contributed by atoms with van der Waals surface area (Å²) in [5.74, 6) is 0.967. The first kappa shape index (κ1) is 12.0. The Morgan fingerprint density at radius 3 is 2.70 bits per heavy atom. The highest BCUT2D eigenvalue weighted by Crippen LogP contribution is 2.43. The Balaban J connectivity index is 1.81. The predicted octanol–water partition coefficient (Wildman–Crippen LogP) is 0.126. The minimum Gasteiger partial charge on any atom is -0.454 e. The van der Waals surface area contributed by atoms with Crippen LogP contribution in [-0.2, 0) is 0 Å². The molecule has 0 saturated heterocycles. The number of amides is 1. The summed E-state index contributed by atoms with van der Waals surface area (Å²) in [6.07, 6.45) is -0.481. The van der Waals surface area contributed by atoms with Crippen LogP contribution in [0.3, 0.4) is 0 Å². The van der Waals surface area contributed by atoms with Crippen LogP contribution in [0.4, 0.5) is 0 Å². The fraction of sp³-hybridized carbons (Fsp3) is 0.500. The van der Waals surface area contributed by atoms with Gasteiger partial charge in [0.2, 0.25) is 6.79 Å². The Hall–Kier alpha value is -1.79. The van der Waals surface area contributed by atoms with Crippen molar-refractivity contribution in [3.63, 3.8) is 0 Å². The highest BCUT2D eigenvalue weighted by molar-refractivity contribution is 5.98. The van der Waals surface area contributed by atoms with Crippen molar-refractivity contribution in [2.45, 2.75) is 37.0 Å². The molecule has 3 aliphatic rings. The molecule has 1 aromatic rings. The van der Waals surface area contributed by atoms with Crippen molar-refractivity contribution < 1.29 is 24.5 Å². The number of benzene rings is 1. The zero-order valence-corrected chi connectivity index (χ0v) is 10.7. The van der Waals surface area contributed by atoms with Crippen LogP contribution in [-0.4, -0.2) is 41.2 Å². The highest BCUT2D eigenvalue weighted by Gasteiger charge is 2.44. The van der Waals surface area contributed by atoms with E-state index in [2.05, 4.69) is 5.32 Å². The van der Waals surface area contributed by atoms with Gasteiger partial charge in [-0.1, -0.05) is 0 Å². The molecule has 2 heterocycles. The molecule has 20 heavy (non-hydrogen) atoms. The summed E-state index contributed by atoms with van der Waals surface area (Å²) < 4.78 is 10.7. The SMILES string of the molecule is O=C1N[C@@H]2C(CC[C@@H](O)[C@H]2O)c2cc3c(cc21)OCO3. The minimum absolute atomic E-state index is 0.00407. The van der Waals surface area contributed by atoms with E-state index in [0.717, 1.165) is 12.0 Å². The smallest absolute Gasteiger partial charge is 0.252 e. The van der Waals surface area contributed by atoms with Crippen LogP contribution in [0.2, 0.25) is 0 Å². The van der Waals surface area contributed by atoms with E-state index in [9.17, 15) is 15.0 Å². The molecule has 3 N–H and O–H groups in total. The highest BCUT2D eigenvalue weighted by atomic mass is 16.7. The molecule has 0 spiro atoms. The minimum atomic E-state index is -0.934. The van der Waals surface area contributed by atoms with Crippen LogP contribution in [0.25, 0.3) is 0 Å². The molecule has 0 aromatic heterocycles. The van der Waals surface area contributed by atoms with E-state index < -0.39 is 18.2 Å². The number of rotatable bonds is 0. The first-order valence-electron chi connectivity index (χ1n) is 6.75. The van der Waals surface area contributed by atoms with Gasteiger partial charge in [0.15, 0.2) is 11.5 Å². The molecule has 106 valence electrons. The summed E-state index contributed by atoms with van der Waals surface area (Å²) in [4.78, 5) is 12.2. The van der Waals surface area contributed by atoms with Gasteiger partial charge in [-0.2, -0.15) is 0 Å². The Kier molecular flexibility index (Phi) is 2.46. The van der Waals surface area contributed by atoms with Crippen LogP contribution >= 0.6 is 0 Å². The largest absolute Gasteiger partial charge is 0.454 e. The van der Waals surface area contributed by atoms with E-state index in [0.29, 0.717) is 23.5 Å². The van der Waals surface area contributed by atoms with Gasteiger partial charge in [-0.3, -0.25) is 4.79 Å². The second-order valence-corrected chi connectivity index (χ2v) is 5.53. The molecule has 1 saturated carbocycles. The summed E-state index contributed by atoms with van der Waals surface area (Å²) in [5.41, 5.74) is 1.44. The van der Waals surface area contributed by atoms with Crippen molar-refractivity contribution in [3.05, 3.63) is 23.3 Å². The first-order valence-corrected chi connectivity index (χ1v) is 6.75. The molecule has 1 unspecified atom stereocenters. The fourth-order valence-electron chi connectivity index (χ4n) is 3.40. The maximum atomic E-state index is 12.2. The zero-order chi connectivity index (χ0) is 13.9. The second kappa shape index (κ2) is 4.10. The standard InChI is InChI=1S/C14H15NO5/c16-9-2-1-6-7-3-10-11(20-5-19-10)4-8(7)14(18)15-12(6)13(9)17/h3-4,6,9,12-13,16-17H,1-2,5H2,(H,15,18)/t6?,9-,12-,13-/m1/s1. The van der Waals surface area contributed by atoms with Crippen molar-refractivity contribution in [1.29, 1.82) is 0 Å². The Bertz CT molecular complexity index is 587. The van der Waals surface area contributed by atoms with E-state index >= 15 is 0 Å². The third kappa shape index (κ3) is 1.55. The lowest BCUT2D eigenvalue weighted by Gasteiger charge is -2.42. The number of aliphatic hydroxyl groups excluding tert-OH is 2. The molecular weight excluding hydrogens is 262 g/mol. The number of carbonyl (C=O) groups excluding carboxylic acids is 1. The van der Waals surface area contributed by atoms with E-state index in [4.69, 9.17) is 9.47 Å². The number of fused-ring (bicyclic) bond motifs is 4. The summed E-state index contributed by atoms with van der Waals surface area (Å²) in [6.45, 7) is 0.162. The normalized spacial score (nSPS) is 34.2. The third-order valence-corrected chi connectivity index (χ3v) is 4.46. The van der Waals surface area contributed by atoms with Crippen LogP contribution in [0.15, 0.2) is 12.1 Å². The quantitative estimate of drug-likeness (QED) is 0.627. The summed E-state index contributed by atoms with van der Waals surface area (Å²) in [7, 11) is 0. The van der Waals surface area contributed by atoms with Gasteiger partial charge in [0.05, 0.1) is 12.1 Å². The van der Waals surface area contributed by atoms with Crippen LogP contribution in [0.5, 0.6) is 11.5 Å². The van der Waals surface area contributed by atoms with Crippen molar-refractivity contribution in [2.24, 2.45) is 0 Å². The van der Waals surface area contributed by atoms with Crippen LogP contribution in [0, 0.1) is 0 Å². The van der Waals surface area contributed by atoms with Gasteiger partial charge in [0.25, 0.3) is 5.91 Å². The number of carbonyl (C=O) groups is 1. The predicted molar refractivity (Wildman–Crippen MR) is 67.8 cm³/mol. The van der Waals surface area contributed by atoms with Crippen molar-refractivity contribution in [3.8, 4) is 11.5 Å². The van der Waals surface area contributed by atoms with E-state index in [1.807, 2.05) is 6.07 Å². The molecule has 2 aliphatic heterocycles. The van der Waals surface area contributed by atoms with E-state index in [1.54, 1.807) is 6.07 Å². The van der Waals surface area contributed by atoms with Gasteiger partial charge in [-0.15, -0.1) is 0 Å². The number of nitrogens with one attached hydrogen (secondary N) is 1. The molecule has 6 nitrogen and oxygen atoms in total. The maximum Gasteiger partial charge on any atom is 0.252 e. The lowest BCUT2D eigenvalue weighted by Crippen LogP contribution is -2.57. The van der Waals surface area contributed by atoms with Gasteiger partial charge in [0, 0.05) is 11.5 Å². The van der Waals surface area contributed by atoms with E-state index in [1.165, 1.54) is 0 Å². The molecule has 1 fully saturated rings. The molecule has 1 amide bonds. The third-order valence-electron chi connectivity index (χ3n) is 4.46. The molecule has 4 rings (SSSR count). The average molecular weight is 277 g/mol. The van der Waals surface area contributed by atoms with Crippen molar-refractivity contribution in [1.82, 2.24) is 5.32 Å². The number of aliphatic hydroxyl groups is 2. The monoisotopic (exact) mass is 277 g/mol. The molecule has 0 bridgehead atoms. The molecule has 4 atom stereocenters. The van der Waals surface area contributed by atoms with Crippen molar-refractivity contribution >= 4 is 5.91 Å². The Morgan fingerprint density at radius 2 is 1.90 bits per heavy atom. The maximum absolute atomic E-state index is 12.2. The van der Waals surface area contributed by atoms with Gasteiger partial charge < -0.3 is 25.0 Å². The van der Waals surface area contributed by atoms with Crippen LogP contribution < -0.4 is 14.8 Å². The Morgan fingerprint density at radius 1 is 1.15 bits per heavy atom. The summed E-state index contributed by atoms with van der Waals surface area (Å²) >= 11 is 0. The first-order chi connectivity index (χ1) is 9.65. The second-order valence-electron chi connectivity index (χ2n) is 5.53. The molecular formula is C14H15NO5. The summed E-state index contributed by atoms with van der Waals surface area (Å²) in [5, 5.41) is 22.6. The lowest BCUT2D eigenvalue weighted by atomic mass is 9.73. The molecule has 1 aromatic carbocycles. The lowest BCUT2D eigenvalue weighted by molar-refractivity contribution is -0.0367. The van der Waals surface area contributed by atoms with Crippen LogP contribution in [0.1, 0.15) is 34.7 Å². The van der Waals surface area contributed by atoms with Gasteiger partial charge in [-0.05, 0) is 30.5 Å². The molecule has 6 heteroatoms. The molecule has 1 aliphatic carbocycles. The van der Waals surface area contributed by atoms with Crippen molar-refractivity contribution in [2.75, 3.05) is 6.79 Å². The van der Waals surface area contributed by atoms with Gasteiger partial charge >= 0.3 is 0 Å². The average Bonchev–Trinajstić information content (AvgIpc) is 2.89. The van der Waals surface area contributed by atoms with E-state index in [-0.39, 0.29) is 18.6 Å². The molecule has 0 radical (unpaired) electrons. The number of hydrogen-bond donors (Lipinski definition) is 3.